The zero-order valence-electron chi connectivity index (χ0n) is 16.1. The van der Waals surface area contributed by atoms with Crippen LogP contribution in [0.1, 0.15) is 26.3 Å². The van der Waals surface area contributed by atoms with E-state index in [2.05, 4.69) is 31.4 Å². The maximum atomic E-state index is 12.7. The number of fused-ring (bicyclic) bond motifs is 1. The van der Waals surface area contributed by atoms with E-state index in [9.17, 15) is 4.79 Å². The number of benzene rings is 1. The molecule has 1 unspecified atom stereocenters. The monoisotopic (exact) mass is 453 g/mol. The van der Waals surface area contributed by atoms with Crippen LogP contribution in [0.3, 0.4) is 0 Å². The third kappa shape index (κ3) is 6.10. The van der Waals surface area contributed by atoms with Crippen molar-refractivity contribution in [3.05, 3.63) is 34.4 Å². The van der Waals surface area contributed by atoms with Gasteiger partial charge in [0.15, 0.2) is 0 Å². The van der Waals surface area contributed by atoms with Crippen molar-refractivity contribution in [1.29, 1.82) is 0 Å². The lowest BCUT2D eigenvalue weighted by Crippen LogP contribution is -2.49. The Hall–Kier alpha value is -1.80. The number of amides is 1. The molecule has 1 heterocycles. The van der Waals surface area contributed by atoms with Gasteiger partial charge in [0, 0.05) is 16.1 Å². The zero-order chi connectivity index (χ0) is 20.0. The van der Waals surface area contributed by atoms with Crippen LogP contribution in [0.2, 0.25) is 0 Å². The van der Waals surface area contributed by atoms with E-state index in [1.807, 2.05) is 52.1 Å². The Balaban J connectivity index is 2.16. The number of pyridine rings is 1. The van der Waals surface area contributed by atoms with Gasteiger partial charge in [0.1, 0.15) is 12.4 Å². The first-order valence-corrected chi connectivity index (χ1v) is 10.6. The van der Waals surface area contributed by atoms with Gasteiger partial charge in [-0.3, -0.25) is 9.78 Å². The molecular formula is C19H24BrN3O3S. The lowest BCUT2D eigenvalue weighted by atomic mass is 10.1. The average Bonchev–Trinajstić information content (AvgIpc) is 2.58. The van der Waals surface area contributed by atoms with Crippen LogP contribution in [0.15, 0.2) is 34.0 Å². The summed E-state index contributed by atoms with van der Waals surface area (Å²) in [5.74, 6) is 0.385. The summed E-state index contributed by atoms with van der Waals surface area (Å²) in [5.41, 5.74) is 0.544. The maximum absolute atomic E-state index is 12.7. The first-order valence-electron chi connectivity index (χ1n) is 8.49. The number of hydrogen-bond acceptors (Lipinski definition) is 6. The van der Waals surface area contributed by atoms with Crippen molar-refractivity contribution >= 4 is 50.7 Å². The highest BCUT2D eigenvalue weighted by molar-refractivity contribution is 9.10. The number of carbonyl (C=O) groups excluding carboxylic acids is 1. The van der Waals surface area contributed by atoms with Gasteiger partial charge in [-0.15, -0.1) is 11.8 Å². The Bertz CT molecular complexity index is 842. The number of halogens is 1. The SMILES string of the molecule is CCO/N=C\C(C)(C)NC(=O)C(Oc1cc(C)c2ncc(Br)cc2c1)SC. The molecule has 0 fully saturated rings. The topological polar surface area (TPSA) is 72.8 Å². The van der Waals surface area contributed by atoms with Crippen LogP contribution in [0.25, 0.3) is 10.9 Å². The highest BCUT2D eigenvalue weighted by Gasteiger charge is 2.26. The van der Waals surface area contributed by atoms with Gasteiger partial charge in [0.25, 0.3) is 5.91 Å². The first-order chi connectivity index (χ1) is 12.8. The average molecular weight is 454 g/mol. The maximum Gasteiger partial charge on any atom is 0.272 e. The fourth-order valence-corrected chi connectivity index (χ4v) is 3.25. The van der Waals surface area contributed by atoms with E-state index >= 15 is 0 Å². The summed E-state index contributed by atoms with van der Waals surface area (Å²) in [6, 6.07) is 5.75. The number of nitrogens with zero attached hydrogens (tertiary/aromatic N) is 2. The minimum absolute atomic E-state index is 0.236. The number of nitrogens with one attached hydrogen (secondary N) is 1. The minimum Gasteiger partial charge on any atom is -0.470 e. The van der Waals surface area contributed by atoms with E-state index in [4.69, 9.17) is 9.57 Å². The highest BCUT2D eigenvalue weighted by atomic mass is 79.9. The largest absolute Gasteiger partial charge is 0.470 e. The van der Waals surface area contributed by atoms with Crippen LogP contribution >= 0.6 is 27.7 Å². The van der Waals surface area contributed by atoms with Crippen molar-refractivity contribution < 1.29 is 14.4 Å². The fraction of sp³-hybridized carbons (Fsp3) is 0.421. The van der Waals surface area contributed by atoms with Crippen molar-refractivity contribution in [2.45, 2.75) is 38.7 Å². The van der Waals surface area contributed by atoms with Crippen LogP contribution in [-0.4, -0.2) is 40.9 Å². The molecule has 8 heteroatoms. The number of rotatable bonds is 8. The van der Waals surface area contributed by atoms with Crippen molar-refractivity contribution in [2.24, 2.45) is 5.16 Å². The molecule has 0 bridgehead atoms. The van der Waals surface area contributed by atoms with E-state index in [0.717, 1.165) is 20.9 Å². The van der Waals surface area contributed by atoms with E-state index in [1.54, 1.807) is 12.4 Å². The Morgan fingerprint density at radius 3 is 2.85 bits per heavy atom. The summed E-state index contributed by atoms with van der Waals surface area (Å²) in [7, 11) is 0. The zero-order valence-corrected chi connectivity index (χ0v) is 18.5. The second kappa shape index (κ2) is 9.41. The van der Waals surface area contributed by atoms with Crippen LogP contribution in [0.4, 0.5) is 0 Å². The molecule has 0 spiro atoms. The summed E-state index contributed by atoms with van der Waals surface area (Å²) >= 11 is 4.76. The normalized spacial score (nSPS) is 13.0. The predicted octanol–water partition coefficient (Wildman–Crippen LogP) is 4.29. The minimum atomic E-state index is -0.693. The summed E-state index contributed by atoms with van der Waals surface area (Å²) in [6.45, 7) is 7.98. The molecule has 2 aromatic rings. The van der Waals surface area contributed by atoms with Gasteiger partial charge in [-0.05, 0) is 73.6 Å². The lowest BCUT2D eigenvalue weighted by molar-refractivity contribution is -0.125. The number of hydrogen-bond donors (Lipinski definition) is 1. The van der Waals surface area contributed by atoms with Crippen molar-refractivity contribution in [2.75, 3.05) is 12.9 Å². The quantitative estimate of drug-likeness (QED) is 0.366. The Labute approximate surface area is 172 Å². The Morgan fingerprint density at radius 1 is 1.44 bits per heavy atom. The lowest BCUT2D eigenvalue weighted by Gasteiger charge is -2.24. The number of oxime groups is 1. The third-order valence-electron chi connectivity index (χ3n) is 3.61. The fourth-order valence-electron chi connectivity index (χ4n) is 2.42. The molecular weight excluding hydrogens is 430 g/mol. The smallest absolute Gasteiger partial charge is 0.272 e. The molecule has 1 N–H and O–H groups in total. The summed E-state index contributed by atoms with van der Waals surface area (Å²) in [4.78, 5) is 22.0. The van der Waals surface area contributed by atoms with Gasteiger partial charge < -0.3 is 14.9 Å². The molecule has 146 valence electrons. The van der Waals surface area contributed by atoms with Crippen LogP contribution in [0.5, 0.6) is 5.75 Å². The van der Waals surface area contributed by atoms with E-state index in [-0.39, 0.29) is 5.91 Å². The summed E-state index contributed by atoms with van der Waals surface area (Å²) in [6.07, 6.45) is 5.16. The molecule has 1 atom stereocenters. The molecule has 27 heavy (non-hydrogen) atoms. The third-order valence-corrected chi connectivity index (χ3v) is 4.78. The van der Waals surface area contributed by atoms with E-state index < -0.39 is 11.0 Å². The van der Waals surface area contributed by atoms with Gasteiger partial charge in [-0.1, -0.05) is 5.16 Å². The van der Waals surface area contributed by atoms with Crippen LogP contribution in [-0.2, 0) is 9.63 Å². The summed E-state index contributed by atoms with van der Waals surface area (Å²) < 4.78 is 6.85. The van der Waals surface area contributed by atoms with Gasteiger partial charge in [-0.25, -0.2) is 0 Å². The molecule has 1 aromatic carbocycles. The first kappa shape index (κ1) is 21.5. The molecule has 0 saturated carbocycles. The van der Waals surface area contributed by atoms with Crippen molar-refractivity contribution in [3.8, 4) is 5.75 Å². The standard InChI is InChI=1S/C19H24BrN3O3S/c1-6-25-22-11-19(3,4)23-17(24)18(27-5)26-15-7-12(2)16-13(9-15)8-14(20)10-21-16/h7-11,18H,6H2,1-5H3,(H,23,24)/b22-11-. The molecule has 1 amide bonds. The van der Waals surface area contributed by atoms with E-state index in [1.165, 1.54) is 11.8 Å². The van der Waals surface area contributed by atoms with Gasteiger partial charge in [0.05, 0.1) is 17.3 Å². The Kier molecular flexibility index (Phi) is 7.49. The number of thioether (sulfide) groups is 1. The molecule has 0 aliphatic rings. The van der Waals surface area contributed by atoms with Gasteiger partial charge in [-0.2, -0.15) is 0 Å². The number of carbonyl (C=O) groups is 1. The summed E-state index contributed by atoms with van der Waals surface area (Å²) in [5, 5.41) is 7.70. The molecule has 0 aliphatic heterocycles. The molecule has 6 nitrogen and oxygen atoms in total. The number of aryl methyl sites for hydroxylation is 1. The van der Waals surface area contributed by atoms with Crippen molar-refractivity contribution in [1.82, 2.24) is 10.3 Å². The highest BCUT2D eigenvalue weighted by Crippen LogP contribution is 2.27. The molecule has 0 saturated heterocycles. The molecule has 1 aromatic heterocycles. The molecule has 0 aliphatic carbocycles. The van der Waals surface area contributed by atoms with Gasteiger partial charge in [0.2, 0.25) is 5.44 Å². The number of aromatic nitrogens is 1. The second-order valence-corrected chi connectivity index (χ2v) is 8.33. The Morgan fingerprint density at radius 2 is 2.19 bits per heavy atom. The number of ether oxygens (including phenoxy) is 1. The van der Waals surface area contributed by atoms with Crippen molar-refractivity contribution in [3.63, 3.8) is 0 Å². The van der Waals surface area contributed by atoms with Crippen LogP contribution in [0, 0.1) is 6.92 Å². The predicted molar refractivity (Wildman–Crippen MR) is 114 cm³/mol. The van der Waals surface area contributed by atoms with Gasteiger partial charge >= 0.3 is 0 Å². The molecule has 0 radical (unpaired) electrons. The molecule has 2 rings (SSSR count). The second-order valence-electron chi connectivity index (χ2n) is 6.51. The van der Waals surface area contributed by atoms with E-state index in [0.29, 0.717) is 12.4 Å². The van der Waals surface area contributed by atoms with Crippen LogP contribution < -0.4 is 10.1 Å².